The molecular weight excluding hydrogens is 228 g/mol. The van der Waals surface area contributed by atoms with Crippen LogP contribution in [0.25, 0.3) is 0 Å². The average Bonchev–Trinajstić information content (AvgIpc) is 2.97. The Bertz CT molecular complexity index is 386. The summed E-state index contributed by atoms with van der Waals surface area (Å²) in [6, 6.07) is 0. The standard InChI is InChI=1S/C14H20N2O2/c1-15(2)6-3-7-16-13(17)11-9-4-5-10(8-9)12(11)14(16)18/h4-5,9-12H,3,6-8H2,1-2H3/p+1/t9-,10-,11-,12+/m1/s1. The number of nitrogens with one attached hydrogen (secondary N) is 1. The average molecular weight is 249 g/mol. The Balaban J connectivity index is 1.68. The number of rotatable bonds is 4. The zero-order valence-electron chi connectivity index (χ0n) is 11.1. The summed E-state index contributed by atoms with van der Waals surface area (Å²) in [6.07, 6.45) is 6.21. The lowest BCUT2D eigenvalue weighted by Crippen LogP contribution is -3.05. The van der Waals surface area contributed by atoms with E-state index >= 15 is 0 Å². The number of likely N-dealkylation sites (tertiary alicyclic amines) is 1. The first-order chi connectivity index (χ1) is 8.59. The number of allylic oxidation sites excluding steroid dienone is 2. The summed E-state index contributed by atoms with van der Waals surface area (Å²) >= 11 is 0. The van der Waals surface area contributed by atoms with Gasteiger partial charge in [-0.15, -0.1) is 0 Å². The fourth-order valence-corrected chi connectivity index (χ4v) is 3.78. The highest BCUT2D eigenvalue weighted by Gasteiger charge is 2.58. The Morgan fingerprint density at radius 1 is 1.17 bits per heavy atom. The molecule has 1 saturated carbocycles. The molecule has 1 N–H and O–H groups in total. The molecule has 2 aliphatic carbocycles. The van der Waals surface area contributed by atoms with E-state index in [-0.39, 0.29) is 23.7 Å². The molecule has 0 spiro atoms. The SMILES string of the molecule is C[NH+](C)CCCN1C(=O)[C@@H]2[C@H](C1=O)[C@@H]1C=C[C@@H]2C1. The predicted molar refractivity (Wildman–Crippen MR) is 66.7 cm³/mol. The lowest BCUT2D eigenvalue weighted by Gasteiger charge is -2.17. The molecule has 98 valence electrons. The number of carbonyl (C=O) groups excluding carboxylic acids is 2. The summed E-state index contributed by atoms with van der Waals surface area (Å²) in [7, 11) is 4.18. The van der Waals surface area contributed by atoms with Crippen LogP contribution >= 0.6 is 0 Å². The second-order valence-electron chi connectivity index (χ2n) is 6.14. The van der Waals surface area contributed by atoms with Gasteiger partial charge in [0.2, 0.25) is 11.8 Å². The van der Waals surface area contributed by atoms with Crippen molar-refractivity contribution in [3.05, 3.63) is 12.2 Å². The third kappa shape index (κ3) is 1.62. The second-order valence-corrected chi connectivity index (χ2v) is 6.14. The largest absolute Gasteiger partial charge is 0.340 e. The molecule has 0 unspecified atom stereocenters. The van der Waals surface area contributed by atoms with Crippen molar-refractivity contribution in [1.82, 2.24) is 4.90 Å². The molecule has 0 aromatic heterocycles. The summed E-state index contributed by atoms with van der Waals surface area (Å²) in [5.41, 5.74) is 0. The lowest BCUT2D eigenvalue weighted by atomic mass is 9.85. The highest BCUT2D eigenvalue weighted by atomic mass is 16.2. The Morgan fingerprint density at radius 2 is 1.72 bits per heavy atom. The predicted octanol–water partition coefficient (Wildman–Crippen LogP) is -0.672. The molecule has 1 aliphatic heterocycles. The van der Waals surface area contributed by atoms with Crippen LogP contribution in [0.15, 0.2) is 12.2 Å². The van der Waals surface area contributed by atoms with E-state index in [0.29, 0.717) is 18.4 Å². The number of carbonyl (C=O) groups is 2. The van der Waals surface area contributed by atoms with Gasteiger partial charge in [-0.05, 0) is 18.3 Å². The summed E-state index contributed by atoms with van der Waals surface area (Å²) < 4.78 is 0. The molecule has 3 aliphatic rings. The minimum Gasteiger partial charge on any atom is -0.340 e. The minimum absolute atomic E-state index is 0.0285. The second kappa shape index (κ2) is 4.19. The summed E-state index contributed by atoms with van der Waals surface area (Å²) in [5, 5.41) is 0. The fraction of sp³-hybridized carbons (Fsp3) is 0.714. The Labute approximate surface area is 108 Å². The Kier molecular flexibility index (Phi) is 2.77. The normalized spacial score (nSPS) is 37.2. The third-order valence-electron chi connectivity index (χ3n) is 4.62. The number of amides is 2. The van der Waals surface area contributed by atoms with E-state index in [4.69, 9.17) is 0 Å². The molecule has 4 nitrogen and oxygen atoms in total. The summed E-state index contributed by atoms with van der Waals surface area (Å²) in [4.78, 5) is 27.5. The molecule has 0 radical (unpaired) electrons. The fourth-order valence-electron chi connectivity index (χ4n) is 3.78. The molecule has 3 rings (SSSR count). The number of nitrogens with zero attached hydrogens (tertiary/aromatic N) is 1. The van der Waals surface area contributed by atoms with Crippen molar-refractivity contribution in [1.29, 1.82) is 0 Å². The summed E-state index contributed by atoms with van der Waals surface area (Å²) in [5.74, 6) is 0.798. The number of hydrogen-bond donors (Lipinski definition) is 1. The van der Waals surface area contributed by atoms with E-state index in [1.807, 2.05) is 0 Å². The van der Waals surface area contributed by atoms with Crippen LogP contribution in [0.3, 0.4) is 0 Å². The number of fused-ring (bicyclic) bond motifs is 5. The van der Waals surface area contributed by atoms with Crippen LogP contribution in [0.5, 0.6) is 0 Å². The van der Waals surface area contributed by atoms with E-state index in [2.05, 4.69) is 26.2 Å². The molecule has 0 aromatic carbocycles. The van der Waals surface area contributed by atoms with Crippen molar-refractivity contribution in [2.45, 2.75) is 12.8 Å². The smallest absolute Gasteiger partial charge is 0.233 e. The van der Waals surface area contributed by atoms with Crippen molar-refractivity contribution < 1.29 is 14.5 Å². The van der Waals surface area contributed by atoms with Gasteiger partial charge in [-0.1, -0.05) is 12.2 Å². The van der Waals surface area contributed by atoms with E-state index in [1.165, 1.54) is 9.80 Å². The van der Waals surface area contributed by atoms with E-state index in [0.717, 1.165) is 19.4 Å². The molecule has 2 amide bonds. The van der Waals surface area contributed by atoms with Gasteiger partial charge in [0, 0.05) is 13.0 Å². The molecular formula is C14H21N2O2+. The molecule has 2 bridgehead atoms. The maximum Gasteiger partial charge on any atom is 0.233 e. The maximum absolute atomic E-state index is 12.3. The lowest BCUT2D eigenvalue weighted by molar-refractivity contribution is -0.858. The van der Waals surface area contributed by atoms with Gasteiger partial charge < -0.3 is 4.90 Å². The first kappa shape index (κ1) is 11.9. The van der Waals surface area contributed by atoms with Gasteiger partial charge >= 0.3 is 0 Å². The molecule has 1 saturated heterocycles. The van der Waals surface area contributed by atoms with Gasteiger partial charge in [0.1, 0.15) is 0 Å². The highest BCUT2D eigenvalue weighted by Crippen LogP contribution is 2.52. The van der Waals surface area contributed by atoms with Gasteiger partial charge in [-0.2, -0.15) is 0 Å². The molecule has 4 atom stereocenters. The highest BCUT2D eigenvalue weighted by molar-refractivity contribution is 6.06. The first-order valence-electron chi connectivity index (χ1n) is 6.92. The number of hydrogen-bond acceptors (Lipinski definition) is 2. The van der Waals surface area contributed by atoms with E-state index in [1.54, 1.807) is 0 Å². The van der Waals surface area contributed by atoms with Gasteiger partial charge in [0.25, 0.3) is 0 Å². The molecule has 2 fully saturated rings. The van der Waals surface area contributed by atoms with Crippen LogP contribution in [0.2, 0.25) is 0 Å². The van der Waals surface area contributed by atoms with Crippen molar-refractivity contribution >= 4 is 11.8 Å². The Hall–Kier alpha value is -1.16. The monoisotopic (exact) mass is 249 g/mol. The topological polar surface area (TPSA) is 41.8 Å². The van der Waals surface area contributed by atoms with Gasteiger partial charge in [0.05, 0.1) is 32.5 Å². The molecule has 1 heterocycles. The van der Waals surface area contributed by atoms with Gasteiger partial charge in [-0.3, -0.25) is 14.5 Å². The first-order valence-corrected chi connectivity index (χ1v) is 6.92. The van der Waals surface area contributed by atoms with Gasteiger partial charge in [-0.25, -0.2) is 0 Å². The van der Waals surface area contributed by atoms with Crippen LogP contribution in [0, 0.1) is 23.7 Å². The molecule has 0 aromatic rings. The van der Waals surface area contributed by atoms with Crippen molar-refractivity contribution in [2.24, 2.45) is 23.7 Å². The van der Waals surface area contributed by atoms with Crippen molar-refractivity contribution in [3.8, 4) is 0 Å². The van der Waals surface area contributed by atoms with Crippen LogP contribution < -0.4 is 4.90 Å². The quantitative estimate of drug-likeness (QED) is 0.530. The maximum atomic E-state index is 12.3. The zero-order chi connectivity index (χ0) is 12.9. The van der Waals surface area contributed by atoms with Crippen LogP contribution in [-0.4, -0.2) is 43.9 Å². The van der Waals surface area contributed by atoms with Gasteiger partial charge in [0.15, 0.2) is 0 Å². The number of quaternary nitrogens is 1. The Morgan fingerprint density at radius 3 is 2.22 bits per heavy atom. The van der Waals surface area contributed by atoms with Crippen LogP contribution in [-0.2, 0) is 9.59 Å². The zero-order valence-corrected chi connectivity index (χ0v) is 11.1. The van der Waals surface area contributed by atoms with E-state index in [9.17, 15) is 9.59 Å². The van der Waals surface area contributed by atoms with E-state index < -0.39 is 0 Å². The van der Waals surface area contributed by atoms with Crippen molar-refractivity contribution in [3.63, 3.8) is 0 Å². The summed E-state index contributed by atoms with van der Waals surface area (Å²) in [6.45, 7) is 1.60. The van der Waals surface area contributed by atoms with Crippen molar-refractivity contribution in [2.75, 3.05) is 27.2 Å². The molecule has 18 heavy (non-hydrogen) atoms. The number of imide groups is 1. The minimum atomic E-state index is -0.0285. The third-order valence-corrected chi connectivity index (χ3v) is 4.62. The molecule has 4 heteroatoms. The van der Waals surface area contributed by atoms with Crippen LogP contribution in [0.1, 0.15) is 12.8 Å². The van der Waals surface area contributed by atoms with Crippen LogP contribution in [0.4, 0.5) is 0 Å².